The van der Waals surface area contributed by atoms with Gasteiger partial charge in [0, 0.05) is 16.8 Å². The van der Waals surface area contributed by atoms with E-state index in [2.05, 4.69) is 28.2 Å². The third kappa shape index (κ3) is 5.51. The molecule has 0 saturated carbocycles. The number of nitrogens with two attached hydrogens (primary N) is 1. The SMILES string of the molecule is CCCCCOCC(=O)Nc1ccc(N)cc1Br. The van der Waals surface area contributed by atoms with E-state index in [1.54, 1.807) is 18.2 Å². The van der Waals surface area contributed by atoms with Gasteiger partial charge in [-0.3, -0.25) is 4.79 Å². The van der Waals surface area contributed by atoms with Crippen molar-refractivity contribution in [2.24, 2.45) is 0 Å². The number of hydrogen-bond donors (Lipinski definition) is 2. The Morgan fingerprint density at radius 3 is 2.89 bits per heavy atom. The van der Waals surface area contributed by atoms with Gasteiger partial charge in [0.15, 0.2) is 0 Å². The van der Waals surface area contributed by atoms with E-state index in [0.29, 0.717) is 18.0 Å². The number of ether oxygens (including phenoxy) is 1. The number of nitrogens with one attached hydrogen (secondary N) is 1. The zero-order valence-electron chi connectivity index (χ0n) is 10.5. The first kappa shape index (κ1) is 15.0. The van der Waals surface area contributed by atoms with E-state index in [1.165, 1.54) is 0 Å². The molecular weight excluding hydrogens is 296 g/mol. The molecule has 0 saturated heterocycles. The summed E-state index contributed by atoms with van der Waals surface area (Å²) in [6.45, 7) is 2.84. The van der Waals surface area contributed by atoms with Gasteiger partial charge >= 0.3 is 0 Å². The van der Waals surface area contributed by atoms with Crippen molar-refractivity contribution >= 4 is 33.2 Å². The van der Waals surface area contributed by atoms with Gasteiger partial charge in [-0.15, -0.1) is 0 Å². The zero-order chi connectivity index (χ0) is 13.4. The molecule has 0 spiro atoms. The number of rotatable bonds is 7. The fourth-order valence-electron chi connectivity index (χ4n) is 1.44. The van der Waals surface area contributed by atoms with Gasteiger partial charge < -0.3 is 15.8 Å². The number of halogens is 1. The zero-order valence-corrected chi connectivity index (χ0v) is 12.1. The maximum atomic E-state index is 11.6. The van der Waals surface area contributed by atoms with Crippen molar-refractivity contribution in [2.75, 3.05) is 24.3 Å². The van der Waals surface area contributed by atoms with Gasteiger partial charge in [-0.25, -0.2) is 0 Å². The Hall–Kier alpha value is -1.07. The second-order valence-corrected chi connectivity index (χ2v) is 4.90. The average molecular weight is 315 g/mol. The molecule has 0 unspecified atom stereocenters. The van der Waals surface area contributed by atoms with Gasteiger partial charge in [-0.2, -0.15) is 0 Å². The van der Waals surface area contributed by atoms with Crippen molar-refractivity contribution in [3.8, 4) is 0 Å². The van der Waals surface area contributed by atoms with Gasteiger partial charge in [-0.1, -0.05) is 19.8 Å². The highest BCUT2D eigenvalue weighted by molar-refractivity contribution is 9.10. The van der Waals surface area contributed by atoms with Gasteiger partial charge in [-0.05, 0) is 40.5 Å². The molecule has 18 heavy (non-hydrogen) atoms. The topological polar surface area (TPSA) is 64.3 Å². The maximum absolute atomic E-state index is 11.6. The Labute approximate surface area is 116 Å². The fraction of sp³-hybridized carbons (Fsp3) is 0.462. The second kappa shape index (κ2) is 8.11. The summed E-state index contributed by atoms with van der Waals surface area (Å²) in [4.78, 5) is 11.6. The number of anilines is 2. The first-order valence-corrected chi connectivity index (χ1v) is 6.85. The van der Waals surface area contributed by atoms with Gasteiger partial charge in [0.25, 0.3) is 0 Å². The minimum absolute atomic E-state index is 0.0839. The van der Waals surface area contributed by atoms with E-state index in [9.17, 15) is 4.79 Å². The quantitative estimate of drug-likeness (QED) is 0.600. The van der Waals surface area contributed by atoms with Gasteiger partial charge in [0.2, 0.25) is 5.91 Å². The predicted octanol–water partition coefficient (Wildman–Crippen LogP) is 3.18. The van der Waals surface area contributed by atoms with Crippen LogP contribution in [0.1, 0.15) is 26.2 Å². The summed E-state index contributed by atoms with van der Waals surface area (Å²) in [6.07, 6.45) is 3.27. The molecular formula is C13H19BrN2O2. The maximum Gasteiger partial charge on any atom is 0.250 e. The van der Waals surface area contributed by atoms with E-state index >= 15 is 0 Å². The lowest BCUT2D eigenvalue weighted by molar-refractivity contribution is -0.120. The number of carbonyl (C=O) groups is 1. The second-order valence-electron chi connectivity index (χ2n) is 4.05. The van der Waals surface area contributed by atoms with Crippen LogP contribution in [-0.4, -0.2) is 19.1 Å². The number of nitrogen functional groups attached to an aromatic ring is 1. The number of carbonyl (C=O) groups excluding carboxylic acids is 1. The molecule has 100 valence electrons. The highest BCUT2D eigenvalue weighted by Crippen LogP contribution is 2.24. The lowest BCUT2D eigenvalue weighted by atomic mass is 10.3. The Kier molecular flexibility index (Phi) is 6.75. The average Bonchev–Trinajstić information content (AvgIpc) is 2.32. The summed E-state index contributed by atoms with van der Waals surface area (Å²) >= 11 is 3.34. The molecule has 1 aromatic rings. The van der Waals surface area contributed by atoms with Crippen LogP contribution in [0.25, 0.3) is 0 Å². The molecule has 5 heteroatoms. The van der Waals surface area contributed by atoms with E-state index < -0.39 is 0 Å². The molecule has 0 aromatic heterocycles. The third-order valence-electron chi connectivity index (χ3n) is 2.39. The van der Waals surface area contributed by atoms with Gasteiger partial charge in [0.05, 0.1) is 5.69 Å². The van der Waals surface area contributed by atoms with Crippen LogP contribution in [0.3, 0.4) is 0 Å². The van der Waals surface area contributed by atoms with E-state index in [1.807, 2.05) is 0 Å². The summed E-state index contributed by atoms with van der Waals surface area (Å²) in [5.41, 5.74) is 6.97. The third-order valence-corrected chi connectivity index (χ3v) is 3.05. The van der Waals surface area contributed by atoms with Crippen molar-refractivity contribution in [3.05, 3.63) is 22.7 Å². The Balaban J connectivity index is 2.31. The first-order chi connectivity index (χ1) is 8.63. The molecule has 0 fully saturated rings. The van der Waals surface area contributed by atoms with Crippen LogP contribution in [0.15, 0.2) is 22.7 Å². The summed E-state index contributed by atoms with van der Waals surface area (Å²) in [5, 5.41) is 2.76. The summed E-state index contributed by atoms with van der Waals surface area (Å²) < 4.78 is 6.05. The lowest BCUT2D eigenvalue weighted by Crippen LogP contribution is -2.18. The van der Waals surface area contributed by atoms with Crippen LogP contribution in [0.5, 0.6) is 0 Å². The van der Waals surface area contributed by atoms with Crippen LogP contribution >= 0.6 is 15.9 Å². The molecule has 0 heterocycles. The molecule has 3 N–H and O–H groups in total. The van der Waals surface area contributed by atoms with Crippen LogP contribution in [-0.2, 0) is 9.53 Å². The van der Waals surface area contributed by atoms with E-state index in [-0.39, 0.29) is 12.5 Å². The van der Waals surface area contributed by atoms with Crippen molar-refractivity contribution in [1.29, 1.82) is 0 Å². The molecule has 4 nitrogen and oxygen atoms in total. The fourth-order valence-corrected chi connectivity index (χ4v) is 1.93. The van der Waals surface area contributed by atoms with Crippen molar-refractivity contribution < 1.29 is 9.53 Å². The number of benzene rings is 1. The molecule has 1 rings (SSSR count). The molecule has 0 atom stereocenters. The minimum Gasteiger partial charge on any atom is -0.399 e. The summed E-state index contributed by atoms with van der Waals surface area (Å²) in [5.74, 6) is -0.156. The number of amides is 1. The molecule has 1 amide bonds. The lowest BCUT2D eigenvalue weighted by Gasteiger charge is -2.08. The molecule has 0 aliphatic rings. The highest BCUT2D eigenvalue weighted by atomic mass is 79.9. The molecule has 0 bridgehead atoms. The molecule has 0 aliphatic heterocycles. The smallest absolute Gasteiger partial charge is 0.250 e. The highest BCUT2D eigenvalue weighted by Gasteiger charge is 2.05. The Morgan fingerprint density at radius 1 is 1.44 bits per heavy atom. The first-order valence-electron chi connectivity index (χ1n) is 6.06. The van der Waals surface area contributed by atoms with E-state index in [4.69, 9.17) is 10.5 Å². The largest absolute Gasteiger partial charge is 0.399 e. The number of unbranched alkanes of at least 4 members (excludes halogenated alkanes) is 2. The predicted molar refractivity (Wildman–Crippen MR) is 77.5 cm³/mol. The minimum atomic E-state index is -0.156. The molecule has 0 radical (unpaired) electrons. The van der Waals surface area contributed by atoms with Crippen molar-refractivity contribution in [3.63, 3.8) is 0 Å². The van der Waals surface area contributed by atoms with Crippen LogP contribution in [0.2, 0.25) is 0 Å². The summed E-state index contributed by atoms with van der Waals surface area (Å²) in [6, 6.07) is 5.24. The molecule has 1 aromatic carbocycles. The normalized spacial score (nSPS) is 10.3. The van der Waals surface area contributed by atoms with Crippen molar-refractivity contribution in [1.82, 2.24) is 0 Å². The standard InChI is InChI=1S/C13H19BrN2O2/c1-2-3-4-7-18-9-13(17)16-12-6-5-10(15)8-11(12)14/h5-6,8H,2-4,7,9,15H2,1H3,(H,16,17). The van der Waals surface area contributed by atoms with Gasteiger partial charge in [0.1, 0.15) is 6.61 Å². The Morgan fingerprint density at radius 2 is 2.22 bits per heavy atom. The summed E-state index contributed by atoms with van der Waals surface area (Å²) in [7, 11) is 0. The number of hydrogen-bond acceptors (Lipinski definition) is 3. The monoisotopic (exact) mass is 314 g/mol. The van der Waals surface area contributed by atoms with Crippen LogP contribution < -0.4 is 11.1 Å². The molecule has 0 aliphatic carbocycles. The Bertz CT molecular complexity index is 397. The van der Waals surface area contributed by atoms with Crippen molar-refractivity contribution in [2.45, 2.75) is 26.2 Å². The van der Waals surface area contributed by atoms with Crippen LogP contribution in [0, 0.1) is 0 Å². The van der Waals surface area contributed by atoms with E-state index in [0.717, 1.165) is 23.7 Å². The van der Waals surface area contributed by atoms with Crippen LogP contribution in [0.4, 0.5) is 11.4 Å².